The molecule has 0 atom stereocenters. The summed E-state index contributed by atoms with van der Waals surface area (Å²) in [4.78, 5) is 10.0. The Kier molecular flexibility index (Phi) is 7.06. The highest BCUT2D eigenvalue weighted by Crippen LogP contribution is 2.34. The van der Waals surface area contributed by atoms with E-state index in [1.807, 2.05) is 65.3 Å². The summed E-state index contributed by atoms with van der Waals surface area (Å²) in [6.45, 7) is 0. The maximum atomic E-state index is 5.01. The predicted molar refractivity (Wildman–Crippen MR) is 199 cm³/mol. The molecule has 5 nitrogen and oxygen atoms in total. The molecule has 0 saturated carbocycles. The van der Waals surface area contributed by atoms with E-state index in [0.717, 1.165) is 61.5 Å². The zero-order valence-electron chi connectivity index (χ0n) is 26.5. The van der Waals surface area contributed by atoms with Crippen LogP contribution >= 0.6 is 0 Å². The third-order valence-corrected chi connectivity index (χ3v) is 9.00. The molecule has 2 heterocycles. The zero-order valence-corrected chi connectivity index (χ0v) is 26.5. The quantitative estimate of drug-likeness (QED) is 0.184. The predicted octanol–water partition coefficient (Wildman–Crippen LogP) is 10.7. The van der Waals surface area contributed by atoms with Gasteiger partial charge in [0.1, 0.15) is 5.52 Å². The molecule has 9 aromatic rings. The molecule has 0 radical (unpaired) electrons. The molecule has 0 aliphatic heterocycles. The highest BCUT2D eigenvalue weighted by molar-refractivity contribution is 5.99. The largest absolute Gasteiger partial charge is 0.228 e. The van der Waals surface area contributed by atoms with Crippen molar-refractivity contribution in [2.24, 2.45) is 0 Å². The lowest BCUT2D eigenvalue weighted by molar-refractivity contribution is 0.824. The van der Waals surface area contributed by atoms with Gasteiger partial charge in [0.15, 0.2) is 5.82 Å². The summed E-state index contributed by atoms with van der Waals surface area (Å²) in [6.07, 6.45) is 0. The molecular weight excluding hydrogens is 599 g/mol. The van der Waals surface area contributed by atoms with Crippen LogP contribution in [0.25, 0.3) is 83.6 Å². The number of rotatable bonds is 6. The van der Waals surface area contributed by atoms with Crippen molar-refractivity contribution >= 4 is 21.8 Å². The van der Waals surface area contributed by atoms with Gasteiger partial charge in [0.2, 0.25) is 0 Å². The van der Waals surface area contributed by atoms with Gasteiger partial charge in [0.25, 0.3) is 0 Å². The van der Waals surface area contributed by atoms with Gasteiger partial charge in [-0.25, -0.2) is 14.6 Å². The van der Waals surface area contributed by atoms with E-state index in [9.17, 15) is 0 Å². The van der Waals surface area contributed by atoms with Crippen LogP contribution in [0.2, 0.25) is 0 Å². The molecule has 0 amide bonds. The van der Waals surface area contributed by atoms with E-state index in [4.69, 9.17) is 9.97 Å². The van der Waals surface area contributed by atoms with E-state index >= 15 is 0 Å². The van der Waals surface area contributed by atoms with E-state index in [2.05, 4.69) is 126 Å². The third kappa shape index (κ3) is 5.43. The minimum Gasteiger partial charge on any atom is -0.228 e. The van der Waals surface area contributed by atoms with Crippen molar-refractivity contribution in [1.29, 1.82) is 0 Å². The Balaban J connectivity index is 1.06. The highest BCUT2D eigenvalue weighted by atomic mass is 15.4. The first-order valence-corrected chi connectivity index (χ1v) is 16.3. The fraction of sp³-hybridized carbons (Fsp3) is 0. The van der Waals surface area contributed by atoms with E-state index in [0.29, 0.717) is 5.82 Å². The molecular formula is C44H29N5. The van der Waals surface area contributed by atoms with Crippen molar-refractivity contribution in [3.63, 3.8) is 0 Å². The summed E-state index contributed by atoms with van der Waals surface area (Å²) < 4.78 is 1.88. The maximum Gasteiger partial charge on any atom is 0.160 e. The van der Waals surface area contributed by atoms with Crippen LogP contribution in [-0.2, 0) is 0 Å². The molecule has 0 unspecified atom stereocenters. The summed E-state index contributed by atoms with van der Waals surface area (Å²) in [5.41, 5.74) is 12.4. The summed E-state index contributed by atoms with van der Waals surface area (Å²) in [5.74, 6) is 0.703. The number of fused-ring (bicyclic) bond motifs is 2. The van der Waals surface area contributed by atoms with Crippen molar-refractivity contribution < 1.29 is 0 Å². The third-order valence-electron chi connectivity index (χ3n) is 9.00. The molecule has 9 rings (SSSR count). The average molecular weight is 628 g/mol. The molecule has 0 N–H and O–H groups in total. The molecule has 0 aliphatic rings. The van der Waals surface area contributed by atoms with E-state index in [1.54, 1.807) is 0 Å². The first-order chi connectivity index (χ1) is 24.3. The first kappa shape index (κ1) is 28.5. The van der Waals surface area contributed by atoms with Gasteiger partial charge < -0.3 is 0 Å². The van der Waals surface area contributed by atoms with Crippen LogP contribution in [0, 0.1) is 0 Å². The fourth-order valence-corrected chi connectivity index (χ4v) is 6.45. The molecule has 0 bridgehead atoms. The van der Waals surface area contributed by atoms with Crippen molar-refractivity contribution in [2.45, 2.75) is 0 Å². The molecule has 2 aromatic heterocycles. The lowest BCUT2D eigenvalue weighted by Gasteiger charge is -2.12. The fourth-order valence-electron chi connectivity index (χ4n) is 6.45. The highest BCUT2D eigenvalue weighted by Gasteiger charge is 2.13. The van der Waals surface area contributed by atoms with Crippen molar-refractivity contribution in [1.82, 2.24) is 25.0 Å². The number of hydrogen-bond donors (Lipinski definition) is 0. The van der Waals surface area contributed by atoms with Gasteiger partial charge in [-0.05, 0) is 69.4 Å². The van der Waals surface area contributed by atoms with Crippen LogP contribution < -0.4 is 0 Å². The molecule has 0 aliphatic carbocycles. The molecule has 230 valence electrons. The first-order valence-electron chi connectivity index (χ1n) is 16.3. The Bertz CT molecular complexity index is 2520. The lowest BCUT2D eigenvalue weighted by atomic mass is 9.94. The van der Waals surface area contributed by atoms with E-state index < -0.39 is 0 Å². The number of aromatic nitrogens is 5. The smallest absolute Gasteiger partial charge is 0.160 e. The van der Waals surface area contributed by atoms with Crippen molar-refractivity contribution in [2.75, 3.05) is 0 Å². The van der Waals surface area contributed by atoms with E-state index in [1.165, 1.54) is 16.3 Å². The van der Waals surface area contributed by atoms with Gasteiger partial charge in [-0.3, -0.25) is 0 Å². The normalized spacial score (nSPS) is 11.3. The van der Waals surface area contributed by atoms with Gasteiger partial charge in [-0.1, -0.05) is 145 Å². The Morgan fingerprint density at radius 1 is 0.408 bits per heavy atom. The van der Waals surface area contributed by atoms with Crippen molar-refractivity contribution in [3.05, 3.63) is 176 Å². The van der Waals surface area contributed by atoms with Gasteiger partial charge >= 0.3 is 0 Å². The molecule has 7 aromatic carbocycles. The summed E-state index contributed by atoms with van der Waals surface area (Å²) in [5, 5.41) is 11.1. The molecule has 5 heteroatoms. The Hall–Kier alpha value is -6.72. The number of benzene rings is 7. The molecule has 0 saturated heterocycles. The molecule has 0 fully saturated rings. The van der Waals surface area contributed by atoms with Crippen molar-refractivity contribution in [3.8, 4) is 61.8 Å². The van der Waals surface area contributed by atoms with Crippen LogP contribution in [0.1, 0.15) is 0 Å². The van der Waals surface area contributed by atoms with Gasteiger partial charge in [-0.15, -0.1) is 5.10 Å². The van der Waals surface area contributed by atoms with E-state index in [-0.39, 0.29) is 0 Å². The summed E-state index contributed by atoms with van der Waals surface area (Å²) in [7, 11) is 0. The standard InChI is InChI=1S/C44H29N5/c1-3-10-33(11-4-1)41-29-42(34-12-5-2-6-13-34)46-44(45-41)35-21-18-32(19-22-35)38-15-9-14-31-20-23-36(28-39(31)38)30-24-26-37(27-25-30)49-43-17-8-7-16-40(43)47-48-49/h1-29H. The molecule has 49 heavy (non-hydrogen) atoms. The summed E-state index contributed by atoms with van der Waals surface area (Å²) >= 11 is 0. The number of hydrogen-bond acceptors (Lipinski definition) is 4. The maximum absolute atomic E-state index is 5.01. The van der Waals surface area contributed by atoms with Crippen LogP contribution in [-0.4, -0.2) is 25.0 Å². The SMILES string of the molecule is c1ccc(-c2cc(-c3ccccc3)nc(-c3ccc(-c4cccc5ccc(-c6ccc(-n7nnc8ccccc87)cc6)cc45)cc3)n2)cc1. The van der Waals surface area contributed by atoms with Crippen LogP contribution in [0.4, 0.5) is 0 Å². The van der Waals surface area contributed by atoms with Gasteiger partial charge in [-0.2, -0.15) is 0 Å². The second kappa shape index (κ2) is 12.1. The minimum atomic E-state index is 0.703. The van der Waals surface area contributed by atoms with Crippen LogP contribution in [0.3, 0.4) is 0 Å². The van der Waals surface area contributed by atoms with Gasteiger partial charge in [0, 0.05) is 16.7 Å². The lowest BCUT2D eigenvalue weighted by Crippen LogP contribution is -1.96. The number of para-hydroxylation sites is 1. The Morgan fingerprint density at radius 3 is 1.73 bits per heavy atom. The molecule has 0 spiro atoms. The topological polar surface area (TPSA) is 56.5 Å². The summed E-state index contributed by atoms with van der Waals surface area (Å²) in [6, 6.07) is 60.9. The second-order valence-corrected chi connectivity index (χ2v) is 12.0. The Morgan fingerprint density at radius 2 is 1.02 bits per heavy atom. The van der Waals surface area contributed by atoms with Gasteiger partial charge in [0.05, 0.1) is 22.6 Å². The van der Waals surface area contributed by atoms with Crippen LogP contribution in [0.15, 0.2) is 176 Å². The monoisotopic (exact) mass is 627 g/mol. The number of nitrogens with zero attached hydrogens (tertiary/aromatic N) is 5. The Labute approximate surface area is 283 Å². The zero-order chi connectivity index (χ0) is 32.6. The second-order valence-electron chi connectivity index (χ2n) is 12.0. The average Bonchev–Trinajstić information content (AvgIpc) is 3.62. The minimum absolute atomic E-state index is 0.703. The van der Waals surface area contributed by atoms with Crippen LogP contribution in [0.5, 0.6) is 0 Å².